The molecule has 6 nitrogen and oxygen atoms in total. The van der Waals surface area contributed by atoms with Crippen LogP contribution in [0.3, 0.4) is 0 Å². The SMILES string of the molecule is Cc1c(C(=O)NCC(c2ccco2)N(C)C)cnn1C. The van der Waals surface area contributed by atoms with Crippen LogP contribution in [-0.2, 0) is 7.05 Å². The van der Waals surface area contributed by atoms with E-state index in [9.17, 15) is 4.79 Å². The topological polar surface area (TPSA) is 63.3 Å². The van der Waals surface area contributed by atoms with Gasteiger partial charge in [-0.2, -0.15) is 5.10 Å². The zero-order chi connectivity index (χ0) is 14.7. The van der Waals surface area contributed by atoms with E-state index in [-0.39, 0.29) is 11.9 Å². The van der Waals surface area contributed by atoms with E-state index < -0.39 is 0 Å². The van der Waals surface area contributed by atoms with Gasteiger partial charge in [-0.05, 0) is 33.2 Å². The Morgan fingerprint density at radius 2 is 2.30 bits per heavy atom. The Morgan fingerprint density at radius 3 is 2.80 bits per heavy atom. The average Bonchev–Trinajstić information content (AvgIpc) is 3.01. The maximum atomic E-state index is 12.2. The summed E-state index contributed by atoms with van der Waals surface area (Å²) in [4.78, 5) is 14.2. The molecule has 0 saturated carbocycles. The van der Waals surface area contributed by atoms with Crippen LogP contribution in [0.4, 0.5) is 0 Å². The standard InChI is InChI=1S/C14H20N4O2/c1-10-11(8-16-18(10)4)14(19)15-9-12(17(2)3)13-6-5-7-20-13/h5-8,12H,9H2,1-4H3,(H,15,19). The van der Waals surface area contributed by atoms with Crippen LogP contribution in [0.1, 0.15) is 27.9 Å². The molecular weight excluding hydrogens is 256 g/mol. The smallest absolute Gasteiger partial charge is 0.254 e. The number of hydrogen-bond donors (Lipinski definition) is 1. The zero-order valence-corrected chi connectivity index (χ0v) is 12.3. The largest absolute Gasteiger partial charge is 0.468 e. The van der Waals surface area contributed by atoms with Gasteiger partial charge < -0.3 is 9.73 Å². The van der Waals surface area contributed by atoms with Gasteiger partial charge in [0.1, 0.15) is 5.76 Å². The van der Waals surface area contributed by atoms with Gasteiger partial charge in [-0.25, -0.2) is 0 Å². The van der Waals surface area contributed by atoms with Gasteiger partial charge in [-0.15, -0.1) is 0 Å². The van der Waals surface area contributed by atoms with E-state index in [0.717, 1.165) is 11.5 Å². The maximum absolute atomic E-state index is 12.2. The molecule has 1 amide bonds. The van der Waals surface area contributed by atoms with Crippen molar-refractivity contribution in [3.05, 3.63) is 41.6 Å². The third-order valence-corrected chi connectivity index (χ3v) is 3.43. The second kappa shape index (κ2) is 5.92. The monoisotopic (exact) mass is 276 g/mol. The minimum atomic E-state index is -0.117. The molecule has 1 N–H and O–H groups in total. The van der Waals surface area contributed by atoms with Gasteiger partial charge in [-0.1, -0.05) is 0 Å². The Balaban J connectivity index is 2.03. The van der Waals surface area contributed by atoms with Crippen molar-refractivity contribution >= 4 is 5.91 Å². The van der Waals surface area contributed by atoms with Gasteiger partial charge in [0, 0.05) is 19.3 Å². The number of furan rings is 1. The summed E-state index contributed by atoms with van der Waals surface area (Å²) < 4.78 is 7.10. The van der Waals surface area contributed by atoms with Crippen LogP contribution in [0.2, 0.25) is 0 Å². The number of hydrogen-bond acceptors (Lipinski definition) is 4. The highest BCUT2D eigenvalue weighted by molar-refractivity contribution is 5.95. The summed E-state index contributed by atoms with van der Waals surface area (Å²) in [7, 11) is 5.72. The van der Waals surface area contributed by atoms with Crippen LogP contribution in [0, 0.1) is 6.92 Å². The lowest BCUT2D eigenvalue weighted by Crippen LogP contribution is -2.34. The number of carbonyl (C=O) groups is 1. The van der Waals surface area contributed by atoms with E-state index in [0.29, 0.717) is 12.1 Å². The minimum Gasteiger partial charge on any atom is -0.468 e. The molecule has 20 heavy (non-hydrogen) atoms. The fraction of sp³-hybridized carbons (Fsp3) is 0.429. The van der Waals surface area contributed by atoms with Crippen LogP contribution in [-0.4, -0.2) is 41.2 Å². The quantitative estimate of drug-likeness (QED) is 0.895. The first-order valence-electron chi connectivity index (χ1n) is 6.47. The van der Waals surface area contributed by atoms with Gasteiger partial charge in [0.25, 0.3) is 5.91 Å². The molecule has 0 aliphatic rings. The van der Waals surface area contributed by atoms with Crippen molar-refractivity contribution in [1.82, 2.24) is 20.0 Å². The number of likely N-dealkylation sites (N-methyl/N-ethyl adjacent to an activating group) is 1. The van der Waals surface area contributed by atoms with Gasteiger partial charge in [0.05, 0.1) is 24.1 Å². The van der Waals surface area contributed by atoms with E-state index in [1.807, 2.05) is 45.1 Å². The molecule has 2 heterocycles. The maximum Gasteiger partial charge on any atom is 0.254 e. The van der Waals surface area contributed by atoms with Crippen LogP contribution in [0.25, 0.3) is 0 Å². The predicted octanol–water partition coefficient (Wildman–Crippen LogP) is 1.35. The van der Waals surface area contributed by atoms with Gasteiger partial charge >= 0.3 is 0 Å². The van der Waals surface area contributed by atoms with Crippen molar-refractivity contribution in [2.24, 2.45) is 7.05 Å². The fourth-order valence-corrected chi connectivity index (χ4v) is 2.02. The van der Waals surface area contributed by atoms with Gasteiger partial charge in [0.15, 0.2) is 0 Å². The lowest BCUT2D eigenvalue weighted by molar-refractivity contribution is 0.0938. The lowest BCUT2D eigenvalue weighted by atomic mass is 10.2. The highest BCUT2D eigenvalue weighted by Crippen LogP contribution is 2.17. The summed E-state index contributed by atoms with van der Waals surface area (Å²) in [6.07, 6.45) is 3.22. The van der Waals surface area contributed by atoms with E-state index in [1.54, 1.807) is 17.1 Å². The molecular formula is C14H20N4O2. The first-order chi connectivity index (χ1) is 9.50. The Morgan fingerprint density at radius 1 is 1.55 bits per heavy atom. The summed E-state index contributed by atoms with van der Waals surface area (Å²) in [5.74, 6) is 0.715. The normalized spacial score (nSPS) is 12.7. The van der Waals surface area contributed by atoms with Crippen molar-refractivity contribution in [2.45, 2.75) is 13.0 Å². The summed E-state index contributed by atoms with van der Waals surface area (Å²) in [6.45, 7) is 2.35. The summed E-state index contributed by atoms with van der Waals surface area (Å²) >= 11 is 0. The number of nitrogens with one attached hydrogen (secondary N) is 1. The molecule has 108 valence electrons. The second-order valence-electron chi connectivity index (χ2n) is 4.97. The molecule has 0 radical (unpaired) electrons. The average molecular weight is 276 g/mol. The third kappa shape index (κ3) is 2.91. The Hall–Kier alpha value is -2.08. The first-order valence-corrected chi connectivity index (χ1v) is 6.47. The Bertz CT molecular complexity index is 572. The molecule has 2 aromatic rings. The van der Waals surface area contributed by atoms with Crippen molar-refractivity contribution in [3.63, 3.8) is 0 Å². The van der Waals surface area contributed by atoms with Crippen molar-refractivity contribution in [3.8, 4) is 0 Å². The molecule has 0 bridgehead atoms. The molecule has 0 saturated heterocycles. The third-order valence-electron chi connectivity index (χ3n) is 3.43. The first kappa shape index (κ1) is 14.3. The van der Waals surface area contributed by atoms with Crippen LogP contribution in [0.15, 0.2) is 29.0 Å². The number of carbonyl (C=O) groups excluding carboxylic acids is 1. The molecule has 1 unspecified atom stereocenters. The molecule has 0 fully saturated rings. The van der Waals surface area contributed by atoms with E-state index in [4.69, 9.17) is 4.42 Å². The van der Waals surface area contributed by atoms with E-state index in [1.165, 1.54) is 0 Å². The highest BCUT2D eigenvalue weighted by Gasteiger charge is 2.19. The highest BCUT2D eigenvalue weighted by atomic mass is 16.3. The molecule has 0 aliphatic heterocycles. The molecule has 6 heteroatoms. The fourth-order valence-electron chi connectivity index (χ4n) is 2.02. The van der Waals surface area contributed by atoms with Crippen molar-refractivity contribution < 1.29 is 9.21 Å². The summed E-state index contributed by atoms with van der Waals surface area (Å²) in [5, 5.41) is 7.01. The van der Waals surface area contributed by atoms with Crippen molar-refractivity contribution in [1.29, 1.82) is 0 Å². The second-order valence-corrected chi connectivity index (χ2v) is 4.97. The minimum absolute atomic E-state index is 0.00549. The van der Waals surface area contributed by atoms with E-state index in [2.05, 4.69) is 10.4 Å². The van der Waals surface area contributed by atoms with Crippen LogP contribution < -0.4 is 5.32 Å². The van der Waals surface area contributed by atoms with Crippen LogP contribution in [0.5, 0.6) is 0 Å². The lowest BCUT2D eigenvalue weighted by Gasteiger charge is -2.22. The Kier molecular flexibility index (Phi) is 4.24. The summed E-state index contributed by atoms with van der Waals surface area (Å²) in [6, 6.07) is 3.76. The molecule has 0 aliphatic carbocycles. The number of nitrogens with zero attached hydrogens (tertiary/aromatic N) is 3. The summed E-state index contributed by atoms with van der Waals surface area (Å²) in [5.41, 5.74) is 1.45. The van der Waals surface area contributed by atoms with Crippen LogP contribution >= 0.6 is 0 Å². The zero-order valence-electron chi connectivity index (χ0n) is 12.3. The number of aryl methyl sites for hydroxylation is 1. The molecule has 0 aromatic carbocycles. The molecule has 2 rings (SSSR count). The number of aromatic nitrogens is 2. The molecule has 2 aromatic heterocycles. The molecule has 0 spiro atoms. The van der Waals surface area contributed by atoms with Gasteiger partial charge in [0.2, 0.25) is 0 Å². The predicted molar refractivity (Wildman–Crippen MR) is 75.4 cm³/mol. The number of amides is 1. The molecule has 1 atom stereocenters. The number of rotatable bonds is 5. The Labute approximate surface area is 118 Å². The van der Waals surface area contributed by atoms with Gasteiger partial charge in [-0.3, -0.25) is 14.4 Å². The van der Waals surface area contributed by atoms with Crippen molar-refractivity contribution in [2.75, 3.05) is 20.6 Å². The van der Waals surface area contributed by atoms with E-state index >= 15 is 0 Å².